The van der Waals surface area contributed by atoms with E-state index in [2.05, 4.69) is 16.0 Å². The van der Waals surface area contributed by atoms with Gasteiger partial charge in [0, 0.05) is 44.6 Å². The first-order chi connectivity index (χ1) is 11.1. The highest BCUT2D eigenvalue weighted by atomic mass is 16.1. The number of aromatic nitrogens is 3. The molecule has 0 fully saturated rings. The van der Waals surface area contributed by atoms with Crippen LogP contribution in [0.2, 0.25) is 0 Å². The zero-order chi connectivity index (χ0) is 16.2. The molecule has 0 saturated carbocycles. The van der Waals surface area contributed by atoms with Crippen LogP contribution in [-0.2, 0) is 26.2 Å². The molecule has 0 N–H and O–H groups in total. The van der Waals surface area contributed by atoms with Crippen LogP contribution in [0.5, 0.6) is 0 Å². The molecular weight excluding hydrogens is 290 g/mol. The van der Waals surface area contributed by atoms with Gasteiger partial charge in [0.25, 0.3) is 5.56 Å². The van der Waals surface area contributed by atoms with Gasteiger partial charge in [-0.05, 0) is 32.1 Å². The first kappa shape index (κ1) is 15.8. The van der Waals surface area contributed by atoms with Gasteiger partial charge in [-0.15, -0.1) is 0 Å². The monoisotopic (exact) mass is 313 g/mol. The van der Waals surface area contributed by atoms with Gasteiger partial charge in [0.05, 0.1) is 12.2 Å². The first-order valence-corrected chi connectivity index (χ1v) is 7.97. The fourth-order valence-corrected chi connectivity index (χ4v) is 2.99. The lowest BCUT2D eigenvalue weighted by Gasteiger charge is -2.20. The van der Waals surface area contributed by atoms with Crippen molar-refractivity contribution in [1.29, 1.82) is 0 Å². The Labute approximate surface area is 136 Å². The summed E-state index contributed by atoms with van der Waals surface area (Å²) in [4.78, 5) is 25.6. The molecule has 0 aliphatic carbocycles. The van der Waals surface area contributed by atoms with Crippen molar-refractivity contribution in [2.75, 3.05) is 20.6 Å². The molecule has 0 aromatic carbocycles. The summed E-state index contributed by atoms with van der Waals surface area (Å²) in [6, 6.07) is 5.71. The number of hydrogen-bond acceptors (Lipinski definition) is 5. The van der Waals surface area contributed by atoms with Gasteiger partial charge in [-0.25, -0.2) is 4.98 Å². The summed E-state index contributed by atoms with van der Waals surface area (Å²) >= 11 is 0. The third kappa shape index (κ3) is 4.03. The predicted molar refractivity (Wildman–Crippen MR) is 88.9 cm³/mol. The SMILES string of the molecule is CN(C)Cc1cc(=O)n2c(n1)CN(Cc1cccnc1)CCC2. The molecule has 3 heterocycles. The fourth-order valence-electron chi connectivity index (χ4n) is 2.99. The van der Waals surface area contributed by atoms with Gasteiger partial charge in [-0.2, -0.15) is 0 Å². The number of pyridine rings is 1. The summed E-state index contributed by atoms with van der Waals surface area (Å²) in [6.45, 7) is 3.92. The van der Waals surface area contributed by atoms with Gasteiger partial charge in [-0.1, -0.05) is 6.07 Å². The van der Waals surface area contributed by atoms with Crippen LogP contribution in [0.4, 0.5) is 0 Å². The van der Waals surface area contributed by atoms with Gasteiger partial charge in [-0.3, -0.25) is 19.2 Å². The maximum atomic E-state index is 12.4. The number of nitrogens with zero attached hydrogens (tertiary/aromatic N) is 5. The minimum atomic E-state index is 0.0649. The predicted octanol–water partition coefficient (Wildman–Crippen LogP) is 1.11. The Balaban J connectivity index is 1.83. The molecule has 0 saturated heterocycles. The van der Waals surface area contributed by atoms with Crippen LogP contribution in [0.15, 0.2) is 35.4 Å². The summed E-state index contributed by atoms with van der Waals surface area (Å²) < 4.78 is 1.82. The van der Waals surface area contributed by atoms with Crippen molar-refractivity contribution in [2.24, 2.45) is 0 Å². The Morgan fingerprint density at radius 2 is 2.17 bits per heavy atom. The molecule has 0 bridgehead atoms. The van der Waals surface area contributed by atoms with Crippen molar-refractivity contribution < 1.29 is 0 Å². The number of rotatable bonds is 4. The smallest absolute Gasteiger partial charge is 0.253 e. The third-order valence-electron chi connectivity index (χ3n) is 3.97. The molecule has 0 unspecified atom stereocenters. The van der Waals surface area contributed by atoms with Crippen LogP contribution >= 0.6 is 0 Å². The molecule has 6 heteroatoms. The van der Waals surface area contributed by atoms with Gasteiger partial charge < -0.3 is 4.90 Å². The number of hydrogen-bond donors (Lipinski definition) is 0. The van der Waals surface area contributed by atoms with Gasteiger partial charge >= 0.3 is 0 Å². The normalized spacial score (nSPS) is 15.4. The van der Waals surface area contributed by atoms with Gasteiger partial charge in [0.1, 0.15) is 5.82 Å². The second kappa shape index (κ2) is 7.02. The summed E-state index contributed by atoms with van der Waals surface area (Å²) in [6.07, 6.45) is 4.64. The van der Waals surface area contributed by atoms with Crippen LogP contribution in [0, 0.1) is 0 Å². The molecule has 2 aromatic rings. The van der Waals surface area contributed by atoms with Crippen LogP contribution < -0.4 is 5.56 Å². The molecule has 1 aliphatic heterocycles. The van der Waals surface area contributed by atoms with Crippen molar-refractivity contribution in [2.45, 2.75) is 32.6 Å². The van der Waals surface area contributed by atoms with Crippen LogP contribution in [-0.4, -0.2) is 45.0 Å². The second-order valence-corrected chi connectivity index (χ2v) is 6.32. The molecular formula is C17H23N5O. The molecule has 0 amide bonds. The third-order valence-corrected chi connectivity index (χ3v) is 3.97. The van der Waals surface area contributed by atoms with E-state index in [0.29, 0.717) is 13.1 Å². The highest BCUT2D eigenvalue weighted by Crippen LogP contribution is 2.13. The van der Waals surface area contributed by atoms with Crippen molar-refractivity contribution in [1.82, 2.24) is 24.3 Å². The molecule has 23 heavy (non-hydrogen) atoms. The quantitative estimate of drug-likeness (QED) is 0.846. The molecule has 1 aliphatic rings. The maximum Gasteiger partial charge on any atom is 0.253 e. The lowest BCUT2D eigenvalue weighted by atomic mass is 10.2. The average Bonchev–Trinajstić information content (AvgIpc) is 2.70. The molecule has 6 nitrogen and oxygen atoms in total. The van der Waals surface area contributed by atoms with E-state index < -0.39 is 0 Å². The second-order valence-electron chi connectivity index (χ2n) is 6.32. The molecule has 3 rings (SSSR count). The Morgan fingerprint density at radius 3 is 2.91 bits per heavy atom. The van der Waals surface area contributed by atoms with Gasteiger partial charge in [0.2, 0.25) is 0 Å². The Kier molecular flexibility index (Phi) is 4.83. The zero-order valence-corrected chi connectivity index (χ0v) is 13.8. The van der Waals surface area contributed by atoms with E-state index in [-0.39, 0.29) is 5.56 Å². The van der Waals surface area contributed by atoms with E-state index in [1.54, 1.807) is 12.3 Å². The highest BCUT2D eigenvalue weighted by Gasteiger charge is 2.17. The zero-order valence-electron chi connectivity index (χ0n) is 13.8. The largest absolute Gasteiger partial charge is 0.304 e. The van der Waals surface area contributed by atoms with Crippen LogP contribution in [0.1, 0.15) is 23.5 Å². The van der Waals surface area contributed by atoms with Crippen molar-refractivity contribution in [3.05, 3.63) is 58.0 Å². The highest BCUT2D eigenvalue weighted by molar-refractivity contribution is 5.10. The topological polar surface area (TPSA) is 54.3 Å². The summed E-state index contributed by atoms with van der Waals surface area (Å²) in [7, 11) is 3.97. The summed E-state index contributed by atoms with van der Waals surface area (Å²) in [5.41, 5.74) is 2.09. The molecule has 122 valence electrons. The lowest BCUT2D eigenvalue weighted by molar-refractivity contribution is 0.257. The summed E-state index contributed by atoms with van der Waals surface area (Å²) in [5, 5.41) is 0. The Hall–Kier alpha value is -2.05. The standard InChI is InChI=1S/C17H23N5O/c1-20(2)12-15-9-17(23)22-8-4-7-21(13-16(22)19-15)11-14-5-3-6-18-10-14/h3,5-6,9-10H,4,7-8,11-13H2,1-2H3. The van der Waals surface area contributed by atoms with E-state index in [4.69, 9.17) is 4.98 Å². The minimum Gasteiger partial charge on any atom is -0.304 e. The molecule has 0 radical (unpaired) electrons. The van der Waals surface area contributed by atoms with E-state index in [1.165, 1.54) is 5.56 Å². The van der Waals surface area contributed by atoms with Crippen molar-refractivity contribution >= 4 is 0 Å². The van der Waals surface area contributed by atoms with Crippen LogP contribution in [0.3, 0.4) is 0 Å². The molecule has 0 spiro atoms. The Morgan fingerprint density at radius 1 is 1.30 bits per heavy atom. The number of fused-ring (bicyclic) bond motifs is 1. The van der Waals surface area contributed by atoms with E-state index >= 15 is 0 Å². The van der Waals surface area contributed by atoms with Crippen molar-refractivity contribution in [3.8, 4) is 0 Å². The van der Waals surface area contributed by atoms with E-state index in [0.717, 1.165) is 37.6 Å². The van der Waals surface area contributed by atoms with E-state index in [9.17, 15) is 4.79 Å². The van der Waals surface area contributed by atoms with Crippen LogP contribution in [0.25, 0.3) is 0 Å². The lowest BCUT2D eigenvalue weighted by Crippen LogP contribution is -2.28. The van der Waals surface area contributed by atoms with Gasteiger partial charge in [0.15, 0.2) is 0 Å². The summed E-state index contributed by atoms with van der Waals surface area (Å²) in [5.74, 6) is 0.871. The van der Waals surface area contributed by atoms with E-state index in [1.807, 2.05) is 35.8 Å². The first-order valence-electron chi connectivity index (χ1n) is 7.97. The average molecular weight is 313 g/mol. The van der Waals surface area contributed by atoms with Crippen molar-refractivity contribution in [3.63, 3.8) is 0 Å². The fraction of sp³-hybridized carbons (Fsp3) is 0.471. The minimum absolute atomic E-state index is 0.0649. The molecule has 2 aromatic heterocycles. The Bertz CT molecular complexity index is 711. The maximum absolute atomic E-state index is 12.4. The molecule has 0 atom stereocenters.